The second kappa shape index (κ2) is 22.9. The van der Waals surface area contributed by atoms with Gasteiger partial charge in [0.15, 0.2) is 29.2 Å². The van der Waals surface area contributed by atoms with Crippen LogP contribution in [-0.4, -0.2) is 131 Å². The summed E-state index contributed by atoms with van der Waals surface area (Å²) in [6, 6.07) is 11.2. The van der Waals surface area contributed by atoms with E-state index in [2.05, 4.69) is 30.2 Å². The van der Waals surface area contributed by atoms with Gasteiger partial charge in [-0.15, -0.1) is 0 Å². The lowest BCUT2D eigenvalue weighted by Gasteiger charge is -2.40. The van der Waals surface area contributed by atoms with Crippen LogP contribution in [0.3, 0.4) is 0 Å². The van der Waals surface area contributed by atoms with Crippen LogP contribution in [0.25, 0.3) is 22.5 Å². The van der Waals surface area contributed by atoms with Gasteiger partial charge in [0.25, 0.3) is 0 Å². The molecule has 4 heterocycles. The number of halogens is 10. The zero-order chi connectivity index (χ0) is 57.0. The average Bonchev–Trinajstić information content (AvgIpc) is 3.34. The molecule has 0 spiro atoms. The quantitative estimate of drug-likeness (QED) is 0.0875. The normalized spacial score (nSPS) is 17.0. The van der Waals surface area contributed by atoms with Crippen LogP contribution in [0.2, 0.25) is 0 Å². The Balaban J connectivity index is 0.000000281. The third-order valence-corrected chi connectivity index (χ3v) is 17.6. The van der Waals surface area contributed by atoms with Gasteiger partial charge in [0.2, 0.25) is 0 Å². The highest BCUT2D eigenvalue weighted by atomic mass is 32.2. The molecule has 2 aromatic carbocycles. The summed E-state index contributed by atoms with van der Waals surface area (Å²) in [7, 11) is -8.31. The molecule has 2 aliphatic rings. The molecule has 0 aliphatic carbocycles. The summed E-state index contributed by atoms with van der Waals surface area (Å²) < 4.78 is 189. The van der Waals surface area contributed by atoms with Gasteiger partial charge in [0.05, 0.1) is 45.0 Å². The Labute approximate surface area is 434 Å². The number of piperidine rings is 2. The first kappa shape index (κ1) is 61.5. The SMILES string of the molecule is CC(C)(C)OC(=O)C1(S(=O)(=O)c2ccc(-c3cnc(CCC(F)(F)C(F)(F)F)cn3)cc2)CCNCC1.CCN1CCC(C(=O)OC(C)(C)C)(S(=O)(=O)c2ccc(-c3cnc(CCC(F)(F)C(F)(F)F)cn3)cc2)CC1. The molecule has 2 aromatic heterocycles. The molecule has 26 heteroatoms. The molecule has 76 heavy (non-hydrogen) atoms. The highest BCUT2D eigenvalue weighted by Crippen LogP contribution is 2.42. The number of hydrogen-bond acceptors (Lipinski definition) is 14. The molecule has 0 bridgehead atoms. The van der Waals surface area contributed by atoms with Gasteiger partial charge in [0.1, 0.15) is 11.2 Å². The number of nitrogens with zero attached hydrogens (tertiary/aromatic N) is 5. The number of esters is 2. The zero-order valence-corrected chi connectivity index (χ0v) is 44.4. The number of aromatic nitrogens is 4. The number of hydrogen-bond donors (Lipinski definition) is 1. The van der Waals surface area contributed by atoms with Crippen molar-refractivity contribution in [2.45, 2.75) is 155 Å². The molecule has 2 saturated heterocycles. The standard InChI is InChI=1S/C26H32F5N3O4S.C24H28F5N3O4S/c1-5-34-14-12-24(13-15-34,22(35)38-23(2,3)4)39(36,37)20-8-6-18(7-9-20)21-17-32-19(16-33-21)10-11-25(27,28)26(29,30)31;1-21(2,3)36-20(33)22(10-12-30-13-11-22)37(34,35)18-6-4-16(5-7-18)19-15-31-17(14-32-19)8-9-23(25,26)24(27,28)29/h6-9,16-17H,5,10-15H2,1-4H3;4-7,14-15,30H,8-13H2,1-3H3. The van der Waals surface area contributed by atoms with Crippen molar-refractivity contribution in [2.24, 2.45) is 0 Å². The van der Waals surface area contributed by atoms with E-state index < -0.39 is 102 Å². The molecule has 2 fully saturated rings. The summed E-state index contributed by atoms with van der Waals surface area (Å²) in [5.41, 5.74) is -0.421. The third kappa shape index (κ3) is 14.2. The number of carbonyl (C=O) groups is 2. The smallest absolute Gasteiger partial charge is 0.453 e. The van der Waals surface area contributed by atoms with Gasteiger partial charge in [-0.2, -0.15) is 43.9 Å². The molecule has 2 aliphatic heterocycles. The van der Waals surface area contributed by atoms with Crippen LogP contribution in [0, 0.1) is 0 Å². The van der Waals surface area contributed by atoms with E-state index in [0.717, 1.165) is 18.9 Å². The van der Waals surface area contributed by atoms with Gasteiger partial charge >= 0.3 is 36.1 Å². The van der Waals surface area contributed by atoms with Crippen LogP contribution in [0.5, 0.6) is 0 Å². The highest BCUT2D eigenvalue weighted by Gasteiger charge is 2.58. The van der Waals surface area contributed by atoms with E-state index in [-0.39, 0.29) is 58.2 Å². The van der Waals surface area contributed by atoms with Crippen molar-refractivity contribution in [3.05, 3.63) is 84.7 Å². The van der Waals surface area contributed by atoms with Crippen LogP contribution >= 0.6 is 0 Å². The fourth-order valence-corrected chi connectivity index (χ4v) is 12.0. The monoisotopic (exact) mass is 1130 g/mol. The van der Waals surface area contributed by atoms with E-state index in [0.29, 0.717) is 37.3 Å². The molecule has 4 aromatic rings. The van der Waals surface area contributed by atoms with Crippen molar-refractivity contribution in [3.63, 3.8) is 0 Å². The van der Waals surface area contributed by atoms with E-state index in [1.807, 2.05) is 6.92 Å². The number of nitrogens with one attached hydrogen (secondary N) is 1. The fourth-order valence-electron chi connectivity index (χ4n) is 8.15. The topological polar surface area (TPSA) is 188 Å². The maximum atomic E-state index is 13.9. The first-order valence-electron chi connectivity index (χ1n) is 24.0. The minimum absolute atomic E-state index is 0.0420. The lowest BCUT2D eigenvalue weighted by atomic mass is 9.95. The predicted molar refractivity (Wildman–Crippen MR) is 259 cm³/mol. The Morgan fingerprint density at radius 3 is 1.18 bits per heavy atom. The summed E-state index contributed by atoms with van der Waals surface area (Å²) in [6.45, 7) is 14.2. The van der Waals surface area contributed by atoms with E-state index >= 15 is 0 Å². The van der Waals surface area contributed by atoms with Crippen LogP contribution in [-0.2, 0) is 51.6 Å². The molecule has 0 amide bonds. The van der Waals surface area contributed by atoms with Crippen molar-refractivity contribution in [3.8, 4) is 22.5 Å². The maximum Gasteiger partial charge on any atom is 0.453 e. The fraction of sp³-hybridized carbons (Fsp3) is 0.560. The molecule has 0 radical (unpaired) electrons. The highest BCUT2D eigenvalue weighted by molar-refractivity contribution is 7.94. The van der Waals surface area contributed by atoms with Crippen molar-refractivity contribution in [1.29, 1.82) is 0 Å². The molecule has 0 atom stereocenters. The summed E-state index contributed by atoms with van der Waals surface area (Å²) in [6.07, 6.45) is -10.6. The number of aryl methyl sites for hydroxylation is 2. The number of rotatable bonds is 15. The molecule has 6 rings (SSSR count). The van der Waals surface area contributed by atoms with Crippen molar-refractivity contribution in [2.75, 3.05) is 32.7 Å². The predicted octanol–water partition coefficient (Wildman–Crippen LogP) is 9.76. The third-order valence-electron chi connectivity index (χ3n) is 12.6. The Morgan fingerprint density at radius 1 is 0.553 bits per heavy atom. The molecule has 0 saturated carbocycles. The number of sulfone groups is 2. The largest absolute Gasteiger partial charge is 0.459 e. The first-order valence-corrected chi connectivity index (χ1v) is 27.0. The second-order valence-electron chi connectivity index (χ2n) is 20.4. The van der Waals surface area contributed by atoms with Crippen LogP contribution < -0.4 is 5.32 Å². The Bertz CT molecular complexity index is 2850. The van der Waals surface area contributed by atoms with Gasteiger partial charge < -0.3 is 19.7 Å². The number of ether oxygens (including phenoxy) is 2. The van der Waals surface area contributed by atoms with Crippen LogP contribution in [0.4, 0.5) is 43.9 Å². The van der Waals surface area contributed by atoms with Gasteiger partial charge in [-0.05, 0) is 124 Å². The molecule has 1 N–H and O–H groups in total. The van der Waals surface area contributed by atoms with E-state index in [1.165, 1.54) is 60.9 Å². The molecular formula is C50H60F10N6O8S2. The Hall–Kier alpha value is -5.34. The molecule has 14 nitrogen and oxygen atoms in total. The van der Waals surface area contributed by atoms with Crippen LogP contribution in [0.1, 0.15) is 98.4 Å². The minimum Gasteiger partial charge on any atom is -0.459 e. The number of alkyl halides is 10. The summed E-state index contributed by atoms with van der Waals surface area (Å²) >= 11 is 0. The Kier molecular flexibility index (Phi) is 18.6. The van der Waals surface area contributed by atoms with Gasteiger partial charge in [-0.1, -0.05) is 31.2 Å². The summed E-state index contributed by atoms with van der Waals surface area (Å²) in [4.78, 5) is 44.3. The lowest BCUT2D eigenvalue weighted by Crippen LogP contribution is -2.56. The minimum atomic E-state index is -5.64. The lowest BCUT2D eigenvalue weighted by molar-refractivity contribution is -0.284. The van der Waals surface area contributed by atoms with E-state index in [4.69, 9.17) is 9.47 Å². The molecule has 420 valence electrons. The number of benzene rings is 2. The van der Waals surface area contributed by atoms with Gasteiger partial charge in [-0.3, -0.25) is 29.5 Å². The molecular weight excluding hydrogens is 1070 g/mol. The first-order chi connectivity index (χ1) is 34.9. The molecule has 0 unspecified atom stereocenters. The van der Waals surface area contributed by atoms with Crippen molar-refractivity contribution < 1.29 is 79.8 Å². The van der Waals surface area contributed by atoms with Crippen molar-refractivity contribution in [1.82, 2.24) is 30.2 Å². The zero-order valence-electron chi connectivity index (χ0n) is 42.7. The number of carbonyl (C=O) groups excluding carboxylic acids is 2. The average molecular weight is 1130 g/mol. The van der Waals surface area contributed by atoms with Crippen LogP contribution in [0.15, 0.2) is 83.1 Å². The second-order valence-corrected chi connectivity index (χ2v) is 24.9. The summed E-state index contributed by atoms with van der Waals surface area (Å²) in [5.74, 6) is -11.3. The van der Waals surface area contributed by atoms with Gasteiger partial charge in [-0.25, -0.2) is 16.8 Å². The van der Waals surface area contributed by atoms with E-state index in [1.54, 1.807) is 41.5 Å². The van der Waals surface area contributed by atoms with E-state index in [9.17, 15) is 70.3 Å². The van der Waals surface area contributed by atoms with Crippen molar-refractivity contribution >= 4 is 31.6 Å². The summed E-state index contributed by atoms with van der Waals surface area (Å²) in [5, 5.41) is 3.06. The number of likely N-dealkylation sites (tertiary alicyclic amines) is 1. The van der Waals surface area contributed by atoms with Gasteiger partial charge in [0, 0.05) is 49.5 Å². The Morgan fingerprint density at radius 2 is 0.895 bits per heavy atom. The maximum absolute atomic E-state index is 13.9.